The lowest BCUT2D eigenvalue weighted by atomic mass is 10.2. The Morgan fingerprint density at radius 1 is 1.19 bits per heavy atom. The molecule has 0 spiro atoms. The summed E-state index contributed by atoms with van der Waals surface area (Å²) in [7, 11) is 1.66. The van der Waals surface area contributed by atoms with Crippen LogP contribution < -0.4 is 5.32 Å². The molecular formula is C19H22N2O4S. The highest BCUT2D eigenvalue weighted by molar-refractivity contribution is 7.07. The maximum Gasteiger partial charge on any atom is 0.308 e. The molecule has 7 heteroatoms. The number of carbonyl (C=O) groups is 3. The van der Waals surface area contributed by atoms with E-state index < -0.39 is 12.0 Å². The van der Waals surface area contributed by atoms with E-state index in [1.165, 1.54) is 4.90 Å². The largest absolute Gasteiger partial charge is 0.456 e. The molecule has 0 aliphatic carbocycles. The van der Waals surface area contributed by atoms with Crippen molar-refractivity contribution in [2.75, 3.05) is 13.7 Å². The molecule has 0 aliphatic rings. The minimum atomic E-state index is -0.525. The zero-order chi connectivity index (χ0) is 18.9. The standard InChI is InChI=1S/C19H22N2O4S/c1-14(20-19(24)16-6-4-3-5-7-16)10-18(23)25-12-17(22)21(2)11-15-8-9-26-13-15/h3-9,13-14H,10-12H2,1-2H3,(H,20,24). The number of carbonyl (C=O) groups excluding carboxylic acids is 3. The molecule has 26 heavy (non-hydrogen) atoms. The lowest BCUT2D eigenvalue weighted by molar-refractivity contribution is -0.152. The van der Waals surface area contributed by atoms with E-state index in [2.05, 4.69) is 5.32 Å². The molecule has 1 unspecified atom stereocenters. The summed E-state index contributed by atoms with van der Waals surface area (Å²) in [5, 5.41) is 6.64. The van der Waals surface area contributed by atoms with Gasteiger partial charge < -0.3 is 15.0 Å². The van der Waals surface area contributed by atoms with Gasteiger partial charge in [0.25, 0.3) is 11.8 Å². The molecule has 6 nitrogen and oxygen atoms in total. The maximum atomic E-state index is 12.0. The second kappa shape index (κ2) is 9.72. The van der Waals surface area contributed by atoms with Crippen LogP contribution in [0.3, 0.4) is 0 Å². The molecule has 1 heterocycles. The monoisotopic (exact) mass is 374 g/mol. The molecule has 0 radical (unpaired) electrons. The smallest absolute Gasteiger partial charge is 0.308 e. The molecule has 1 aromatic heterocycles. The number of nitrogens with zero attached hydrogens (tertiary/aromatic N) is 1. The summed E-state index contributed by atoms with van der Waals surface area (Å²) in [5.74, 6) is -1.05. The Morgan fingerprint density at radius 2 is 1.92 bits per heavy atom. The van der Waals surface area contributed by atoms with Crippen LogP contribution in [0, 0.1) is 0 Å². The van der Waals surface area contributed by atoms with Crippen molar-refractivity contribution in [1.29, 1.82) is 0 Å². The highest BCUT2D eigenvalue weighted by Gasteiger charge is 2.16. The van der Waals surface area contributed by atoms with Gasteiger partial charge in [0.2, 0.25) is 0 Å². The summed E-state index contributed by atoms with van der Waals surface area (Å²) in [6.45, 7) is 1.88. The number of likely N-dealkylation sites (N-methyl/N-ethyl adjacent to an activating group) is 1. The zero-order valence-electron chi connectivity index (χ0n) is 14.8. The Balaban J connectivity index is 1.70. The van der Waals surface area contributed by atoms with E-state index in [0.717, 1.165) is 5.56 Å². The summed E-state index contributed by atoms with van der Waals surface area (Å²) in [5.41, 5.74) is 1.56. The van der Waals surface area contributed by atoms with Gasteiger partial charge in [-0.3, -0.25) is 14.4 Å². The van der Waals surface area contributed by atoms with Crippen molar-refractivity contribution in [1.82, 2.24) is 10.2 Å². The number of amides is 2. The van der Waals surface area contributed by atoms with E-state index in [9.17, 15) is 14.4 Å². The van der Waals surface area contributed by atoms with Crippen molar-refractivity contribution < 1.29 is 19.1 Å². The van der Waals surface area contributed by atoms with Crippen molar-refractivity contribution in [2.24, 2.45) is 0 Å². The molecule has 2 aromatic rings. The molecule has 0 saturated heterocycles. The van der Waals surface area contributed by atoms with E-state index in [1.807, 2.05) is 22.9 Å². The van der Waals surface area contributed by atoms with Crippen LogP contribution in [0.1, 0.15) is 29.3 Å². The molecule has 0 fully saturated rings. The van der Waals surface area contributed by atoms with Crippen molar-refractivity contribution in [2.45, 2.75) is 25.9 Å². The van der Waals surface area contributed by atoms with Crippen LogP contribution in [0.15, 0.2) is 47.2 Å². The lowest BCUT2D eigenvalue weighted by Crippen LogP contribution is -2.35. The van der Waals surface area contributed by atoms with Crippen molar-refractivity contribution >= 4 is 29.1 Å². The van der Waals surface area contributed by atoms with Gasteiger partial charge in [-0.25, -0.2) is 0 Å². The first-order valence-corrected chi connectivity index (χ1v) is 9.16. The number of nitrogens with one attached hydrogen (secondary N) is 1. The van der Waals surface area contributed by atoms with Gasteiger partial charge >= 0.3 is 5.97 Å². The van der Waals surface area contributed by atoms with Crippen LogP contribution in [0.5, 0.6) is 0 Å². The average Bonchev–Trinajstić information content (AvgIpc) is 3.13. The molecule has 0 saturated carbocycles. The predicted octanol–water partition coefficient (Wildman–Crippen LogP) is 2.46. The van der Waals surface area contributed by atoms with Crippen molar-refractivity contribution in [3.8, 4) is 0 Å². The Hall–Kier alpha value is -2.67. The Bertz CT molecular complexity index is 731. The number of hydrogen-bond acceptors (Lipinski definition) is 5. The first-order valence-electron chi connectivity index (χ1n) is 8.22. The SMILES string of the molecule is CC(CC(=O)OCC(=O)N(C)Cc1ccsc1)NC(=O)c1ccccc1. The van der Waals surface area contributed by atoms with Crippen LogP contribution >= 0.6 is 11.3 Å². The summed E-state index contributed by atoms with van der Waals surface area (Å²) in [6, 6.07) is 10.3. The Kier molecular flexibility index (Phi) is 7.35. The zero-order valence-corrected chi connectivity index (χ0v) is 15.6. The number of hydrogen-bond donors (Lipinski definition) is 1. The topological polar surface area (TPSA) is 75.7 Å². The molecule has 1 aromatic carbocycles. The first-order chi connectivity index (χ1) is 12.5. The third-order valence-corrected chi connectivity index (χ3v) is 4.40. The van der Waals surface area contributed by atoms with E-state index >= 15 is 0 Å². The number of ether oxygens (including phenoxy) is 1. The Labute approximate surface area is 156 Å². The van der Waals surface area contributed by atoms with Gasteiger partial charge in [0.15, 0.2) is 6.61 Å². The molecule has 2 amide bonds. The van der Waals surface area contributed by atoms with E-state index in [4.69, 9.17) is 4.74 Å². The molecular weight excluding hydrogens is 352 g/mol. The normalized spacial score (nSPS) is 11.5. The van der Waals surface area contributed by atoms with E-state index in [-0.39, 0.29) is 24.8 Å². The van der Waals surface area contributed by atoms with Gasteiger partial charge in [0.1, 0.15) is 0 Å². The van der Waals surface area contributed by atoms with Gasteiger partial charge in [-0.2, -0.15) is 11.3 Å². The fourth-order valence-electron chi connectivity index (χ4n) is 2.25. The number of benzene rings is 1. The first kappa shape index (κ1) is 19.7. The maximum absolute atomic E-state index is 12.0. The second-order valence-corrected chi connectivity index (χ2v) is 6.77. The second-order valence-electron chi connectivity index (χ2n) is 5.99. The molecule has 1 N–H and O–H groups in total. The predicted molar refractivity (Wildman–Crippen MR) is 99.7 cm³/mol. The minimum absolute atomic E-state index is 0.0000976. The molecule has 2 rings (SSSR count). The number of rotatable bonds is 8. The van der Waals surface area contributed by atoms with E-state index in [0.29, 0.717) is 12.1 Å². The summed E-state index contributed by atoms with van der Waals surface area (Å²) >= 11 is 1.56. The third-order valence-electron chi connectivity index (χ3n) is 3.67. The van der Waals surface area contributed by atoms with Gasteiger partial charge in [-0.15, -0.1) is 0 Å². The van der Waals surface area contributed by atoms with Crippen LogP contribution in [0.4, 0.5) is 0 Å². The van der Waals surface area contributed by atoms with Crippen molar-refractivity contribution in [3.05, 3.63) is 58.3 Å². The minimum Gasteiger partial charge on any atom is -0.456 e. The molecule has 0 bridgehead atoms. The lowest BCUT2D eigenvalue weighted by Gasteiger charge is -2.17. The van der Waals surface area contributed by atoms with Crippen LogP contribution in [-0.2, 0) is 20.9 Å². The fourth-order valence-corrected chi connectivity index (χ4v) is 2.91. The summed E-state index contributed by atoms with van der Waals surface area (Å²) in [6.07, 6.45) is 0.0000976. The molecule has 138 valence electrons. The van der Waals surface area contributed by atoms with Crippen molar-refractivity contribution in [3.63, 3.8) is 0 Å². The average molecular weight is 374 g/mol. The fraction of sp³-hybridized carbons (Fsp3) is 0.316. The number of esters is 1. The quantitative estimate of drug-likeness (QED) is 0.720. The summed E-state index contributed by atoms with van der Waals surface area (Å²) in [4.78, 5) is 37.4. The highest BCUT2D eigenvalue weighted by Crippen LogP contribution is 2.08. The van der Waals surface area contributed by atoms with E-state index in [1.54, 1.807) is 49.6 Å². The van der Waals surface area contributed by atoms with Gasteiger partial charge in [0.05, 0.1) is 6.42 Å². The van der Waals surface area contributed by atoms with Crippen LogP contribution in [0.2, 0.25) is 0 Å². The van der Waals surface area contributed by atoms with Gasteiger partial charge in [-0.1, -0.05) is 18.2 Å². The molecule has 1 atom stereocenters. The van der Waals surface area contributed by atoms with Crippen LogP contribution in [-0.4, -0.2) is 42.4 Å². The van der Waals surface area contributed by atoms with Gasteiger partial charge in [0, 0.05) is 25.2 Å². The van der Waals surface area contributed by atoms with Crippen LogP contribution in [0.25, 0.3) is 0 Å². The highest BCUT2D eigenvalue weighted by atomic mass is 32.1. The Morgan fingerprint density at radius 3 is 2.58 bits per heavy atom. The number of thiophene rings is 1. The summed E-state index contributed by atoms with van der Waals surface area (Å²) < 4.78 is 5.02. The third kappa shape index (κ3) is 6.33. The molecule has 0 aliphatic heterocycles. The van der Waals surface area contributed by atoms with Gasteiger partial charge in [-0.05, 0) is 41.4 Å².